The van der Waals surface area contributed by atoms with Gasteiger partial charge in [-0.2, -0.15) is 17.6 Å². The van der Waals surface area contributed by atoms with Crippen LogP contribution in [0.15, 0.2) is 18.2 Å². The summed E-state index contributed by atoms with van der Waals surface area (Å²) in [6.45, 7) is 4.91. The van der Waals surface area contributed by atoms with E-state index in [1.54, 1.807) is 20.8 Å². The Bertz CT molecular complexity index is 531. The second kappa shape index (κ2) is 6.17. The number of alkyl halides is 4. The molecule has 1 atom stereocenters. The Balaban J connectivity index is 2.98. The van der Waals surface area contributed by atoms with Crippen molar-refractivity contribution in [2.45, 2.75) is 38.1 Å². The van der Waals surface area contributed by atoms with Crippen LogP contribution in [0.3, 0.4) is 0 Å². The molecule has 0 amide bonds. The lowest BCUT2D eigenvalue weighted by molar-refractivity contribution is -0.253. The van der Waals surface area contributed by atoms with Crippen molar-refractivity contribution in [1.29, 1.82) is 0 Å². The van der Waals surface area contributed by atoms with Crippen molar-refractivity contribution >= 4 is 16.7 Å². The van der Waals surface area contributed by atoms with E-state index in [0.29, 0.717) is 6.07 Å². The molecule has 1 N–H and O–H groups in total. The van der Waals surface area contributed by atoms with Crippen molar-refractivity contribution in [2.75, 3.05) is 4.72 Å². The zero-order valence-electron chi connectivity index (χ0n) is 11.4. The van der Waals surface area contributed by atoms with E-state index in [9.17, 15) is 26.2 Å². The molecule has 0 bridgehead atoms. The van der Waals surface area contributed by atoms with Gasteiger partial charge in [0, 0.05) is 12.1 Å². The van der Waals surface area contributed by atoms with Gasteiger partial charge in [-0.3, -0.25) is 0 Å². The first-order valence-electron chi connectivity index (χ1n) is 5.76. The minimum absolute atomic E-state index is 0.122. The minimum atomic E-state index is -4.74. The summed E-state index contributed by atoms with van der Waals surface area (Å²) in [5.74, 6) is -1.79. The minimum Gasteiger partial charge on any atom is -0.428 e. The highest BCUT2D eigenvalue weighted by atomic mass is 32.2. The summed E-state index contributed by atoms with van der Waals surface area (Å²) in [7, 11) is -1.64. The molecule has 1 aromatic rings. The van der Waals surface area contributed by atoms with Crippen LogP contribution in [0.25, 0.3) is 0 Å². The van der Waals surface area contributed by atoms with Gasteiger partial charge in [0.05, 0.1) is 10.4 Å². The van der Waals surface area contributed by atoms with Crippen LogP contribution in [0, 0.1) is 5.82 Å². The largest absolute Gasteiger partial charge is 0.461 e. The van der Waals surface area contributed by atoms with Crippen LogP contribution in [0.4, 0.5) is 27.6 Å². The van der Waals surface area contributed by atoms with Crippen molar-refractivity contribution in [2.24, 2.45) is 0 Å². The SMILES string of the molecule is CC(C)(C)S(=O)Nc1cc(F)cc(OC(F)(F)C(F)F)c1. The molecule has 0 aromatic heterocycles. The first-order chi connectivity index (χ1) is 9.41. The van der Waals surface area contributed by atoms with Crippen molar-refractivity contribution in [1.82, 2.24) is 0 Å². The zero-order chi connectivity index (χ0) is 16.4. The van der Waals surface area contributed by atoms with Gasteiger partial charge in [-0.15, -0.1) is 0 Å². The summed E-state index contributed by atoms with van der Waals surface area (Å²) in [5.41, 5.74) is -0.122. The Morgan fingerprint density at radius 1 is 1.19 bits per heavy atom. The Kier molecular flexibility index (Phi) is 5.19. The highest BCUT2D eigenvalue weighted by Gasteiger charge is 2.44. The van der Waals surface area contributed by atoms with Gasteiger partial charge in [-0.25, -0.2) is 8.60 Å². The molecule has 0 saturated heterocycles. The molecule has 1 unspecified atom stereocenters. The zero-order valence-corrected chi connectivity index (χ0v) is 12.2. The van der Waals surface area contributed by atoms with Crippen LogP contribution in [0.1, 0.15) is 20.8 Å². The lowest BCUT2D eigenvalue weighted by Gasteiger charge is -2.20. The third-order valence-corrected chi connectivity index (χ3v) is 3.68. The molecule has 0 heterocycles. The van der Waals surface area contributed by atoms with E-state index in [2.05, 4.69) is 9.46 Å². The van der Waals surface area contributed by atoms with Crippen LogP contribution in [0.2, 0.25) is 0 Å². The number of benzene rings is 1. The fourth-order valence-electron chi connectivity index (χ4n) is 1.14. The van der Waals surface area contributed by atoms with Crippen LogP contribution in [-0.4, -0.2) is 21.5 Å². The van der Waals surface area contributed by atoms with E-state index < -0.39 is 39.8 Å². The quantitative estimate of drug-likeness (QED) is 0.830. The van der Waals surface area contributed by atoms with Crippen molar-refractivity contribution < 1.29 is 30.9 Å². The van der Waals surface area contributed by atoms with Gasteiger partial charge >= 0.3 is 12.5 Å². The Labute approximate surface area is 121 Å². The second-order valence-electron chi connectivity index (χ2n) is 5.12. The number of halogens is 5. The number of hydrogen-bond donors (Lipinski definition) is 1. The molecule has 21 heavy (non-hydrogen) atoms. The van der Waals surface area contributed by atoms with Gasteiger partial charge in [0.25, 0.3) is 0 Å². The maximum atomic E-state index is 13.3. The molecule has 120 valence electrons. The molecule has 0 radical (unpaired) electrons. The maximum Gasteiger partial charge on any atom is 0.461 e. The predicted octanol–water partition coefficient (Wildman–Crippen LogP) is 3.94. The third-order valence-electron chi connectivity index (χ3n) is 2.15. The molecule has 1 rings (SSSR count). The average Bonchev–Trinajstić information content (AvgIpc) is 2.25. The molecule has 0 spiro atoms. The van der Waals surface area contributed by atoms with Crippen LogP contribution in [-0.2, 0) is 11.0 Å². The van der Waals surface area contributed by atoms with Crippen LogP contribution >= 0.6 is 0 Å². The summed E-state index contributed by atoms with van der Waals surface area (Å²) >= 11 is 0. The van der Waals surface area contributed by atoms with E-state index in [1.165, 1.54) is 0 Å². The smallest absolute Gasteiger partial charge is 0.428 e. The van der Waals surface area contributed by atoms with Crippen molar-refractivity contribution in [3.05, 3.63) is 24.0 Å². The molecular formula is C12H14F5NO2S. The number of rotatable bonds is 5. The van der Waals surface area contributed by atoms with E-state index >= 15 is 0 Å². The van der Waals surface area contributed by atoms with Gasteiger partial charge in [-0.05, 0) is 26.8 Å². The summed E-state index contributed by atoms with van der Waals surface area (Å²) in [6, 6.07) is 2.28. The molecular weight excluding hydrogens is 317 g/mol. The summed E-state index contributed by atoms with van der Waals surface area (Å²) in [4.78, 5) is 0. The summed E-state index contributed by atoms with van der Waals surface area (Å²) in [5, 5.41) is 0. The Morgan fingerprint density at radius 3 is 2.24 bits per heavy atom. The van der Waals surface area contributed by atoms with Gasteiger partial charge < -0.3 is 9.46 Å². The molecule has 3 nitrogen and oxygen atoms in total. The van der Waals surface area contributed by atoms with E-state index in [4.69, 9.17) is 0 Å². The Hall–Kier alpha value is -1.38. The molecule has 0 fully saturated rings. The number of hydrogen-bond acceptors (Lipinski definition) is 2. The molecule has 0 aliphatic rings. The Morgan fingerprint density at radius 2 is 1.76 bits per heavy atom. The standard InChI is InChI=1S/C12H14F5NO2S/c1-11(2,3)21(19)18-8-4-7(13)5-9(6-8)20-12(16,17)10(14)15/h4-6,10,18H,1-3H3. The molecule has 0 aliphatic heterocycles. The van der Waals surface area contributed by atoms with E-state index in [0.717, 1.165) is 12.1 Å². The monoisotopic (exact) mass is 331 g/mol. The molecule has 9 heteroatoms. The van der Waals surface area contributed by atoms with Gasteiger partial charge in [0.2, 0.25) is 0 Å². The molecule has 1 aromatic carbocycles. The van der Waals surface area contributed by atoms with Crippen molar-refractivity contribution in [3.8, 4) is 5.75 Å². The van der Waals surface area contributed by atoms with E-state index in [-0.39, 0.29) is 5.69 Å². The normalized spacial score (nSPS) is 14.1. The molecule has 0 aliphatic carbocycles. The lowest BCUT2D eigenvalue weighted by atomic mass is 10.3. The maximum absolute atomic E-state index is 13.3. The fourth-order valence-corrected chi connectivity index (χ4v) is 1.78. The van der Waals surface area contributed by atoms with Crippen LogP contribution < -0.4 is 9.46 Å². The summed E-state index contributed by atoms with van der Waals surface area (Å²) < 4.78 is 80.2. The second-order valence-corrected chi connectivity index (χ2v) is 7.09. The van der Waals surface area contributed by atoms with Gasteiger partial charge in [0.15, 0.2) is 0 Å². The first kappa shape index (κ1) is 17.7. The highest BCUT2D eigenvalue weighted by Crippen LogP contribution is 2.30. The number of anilines is 1. The van der Waals surface area contributed by atoms with Crippen LogP contribution in [0.5, 0.6) is 5.75 Å². The highest BCUT2D eigenvalue weighted by molar-refractivity contribution is 7.87. The predicted molar refractivity (Wildman–Crippen MR) is 69.5 cm³/mol. The van der Waals surface area contributed by atoms with Gasteiger partial charge in [0.1, 0.15) is 22.6 Å². The third kappa shape index (κ3) is 5.14. The molecule has 0 saturated carbocycles. The summed E-state index contributed by atoms with van der Waals surface area (Å²) in [6.07, 6.45) is -8.80. The van der Waals surface area contributed by atoms with Gasteiger partial charge in [-0.1, -0.05) is 0 Å². The van der Waals surface area contributed by atoms with Crippen molar-refractivity contribution in [3.63, 3.8) is 0 Å². The topological polar surface area (TPSA) is 38.3 Å². The first-order valence-corrected chi connectivity index (χ1v) is 6.91. The average molecular weight is 331 g/mol. The fraction of sp³-hybridized carbons (Fsp3) is 0.500. The lowest BCUT2D eigenvalue weighted by Crippen LogP contribution is -2.33. The number of nitrogens with one attached hydrogen (secondary N) is 1. The van der Waals surface area contributed by atoms with E-state index in [1.807, 2.05) is 0 Å². The number of ether oxygens (including phenoxy) is 1.